The quantitative estimate of drug-likeness (QED) is 0.720. The Balaban J connectivity index is 1.68. The Morgan fingerprint density at radius 2 is 2.10 bits per heavy atom. The molecule has 0 radical (unpaired) electrons. The van der Waals surface area contributed by atoms with E-state index in [0.717, 1.165) is 42.6 Å². The van der Waals surface area contributed by atoms with E-state index >= 15 is 0 Å². The van der Waals surface area contributed by atoms with Crippen LogP contribution in [0.2, 0.25) is 5.02 Å². The zero-order valence-corrected chi connectivity index (χ0v) is 18.7. The Morgan fingerprint density at radius 1 is 1.33 bits per heavy atom. The second kappa shape index (κ2) is 10.8. The first-order valence-corrected chi connectivity index (χ1v) is 10.8. The van der Waals surface area contributed by atoms with Crippen molar-refractivity contribution in [3.8, 4) is 0 Å². The molecule has 1 N–H and O–H groups in total. The molecular formula is C23H31ClN4O2. The molecule has 0 bridgehead atoms. The van der Waals surface area contributed by atoms with Gasteiger partial charge in [0, 0.05) is 30.5 Å². The summed E-state index contributed by atoms with van der Waals surface area (Å²) in [6, 6.07) is 9.50. The molecule has 1 aliphatic heterocycles. The maximum absolute atomic E-state index is 13.0. The fraction of sp³-hybridized carbons (Fsp3) is 0.478. The number of hydrogen-bond donors (Lipinski definition) is 1. The molecule has 2 amide bonds. The molecule has 6 nitrogen and oxygen atoms in total. The number of halogens is 1. The maximum Gasteiger partial charge on any atom is 0.317 e. The summed E-state index contributed by atoms with van der Waals surface area (Å²) in [4.78, 5) is 21.3. The number of nitrogens with one attached hydrogen (secondary N) is 1. The van der Waals surface area contributed by atoms with Gasteiger partial charge < -0.3 is 19.9 Å². The lowest BCUT2D eigenvalue weighted by Gasteiger charge is -2.36. The zero-order valence-electron chi connectivity index (χ0n) is 18.0. The van der Waals surface area contributed by atoms with E-state index in [1.54, 1.807) is 12.4 Å². The van der Waals surface area contributed by atoms with Crippen LogP contribution < -0.4 is 5.32 Å². The predicted molar refractivity (Wildman–Crippen MR) is 120 cm³/mol. The third-order valence-electron chi connectivity index (χ3n) is 5.81. The number of likely N-dealkylation sites (tertiary alicyclic amines) is 1. The molecule has 1 aliphatic rings. The fourth-order valence-electron chi connectivity index (χ4n) is 3.79. The van der Waals surface area contributed by atoms with Crippen molar-refractivity contribution in [1.82, 2.24) is 20.1 Å². The van der Waals surface area contributed by atoms with Gasteiger partial charge in [-0.1, -0.05) is 29.8 Å². The molecule has 2 aromatic rings. The lowest BCUT2D eigenvalue weighted by molar-refractivity contribution is 0.0943. The summed E-state index contributed by atoms with van der Waals surface area (Å²) in [6.45, 7) is 4.77. The van der Waals surface area contributed by atoms with Crippen molar-refractivity contribution in [1.29, 1.82) is 0 Å². The molecular weight excluding hydrogens is 400 g/mol. The monoisotopic (exact) mass is 430 g/mol. The van der Waals surface area contributed by atoms with Gasteiger partial charge in [-0.2, -0.15) is 0 Å². The number of amides is 2. The lowest BCUT2D eigenvalue weighted by Crippen LogP contribution is -2.49. The fourth-order valence-corrected chi connectivity index (χ4v) is 3.97. The van der Waals surface area contributed by atoms with Crippen LogP contribution in [0.4, 0.5) is 4.79 Å². The summed E-state index contributed by atoms with van der Waals surface area (Å²) in [7, 11) is 4.00. The van der Waals surface area contributed by atoms with Crippen molar-refractivity contribution in [2.24, 2.45) is 0 Å². The zero-order chi connectivity index (χ0) is 21.5. The number of ether oxygens (including phenoxy) is 1. The van der Waals surface area contributed by atoms with Crippen LogP contribution in [0.3, 0.4) is 0 Å². The number of pyridine rings is 1. The highest BCUT2D eigenvalue weighted by Crippen LogP contribution is 2.25. The molecule has 1 aromatic heterocycles. The second-order valence-electron chi connectivity index (χ2n) is 7.98. The topological polar surface area (TPSA) is 57.7 Å². The third-order valence-corrected chi connectivity index (χ3v) is 6.22. The van der Waals surface area contributed by atoms with Gasteiger partial charge >= 0.3 is 6.03 Å². The van der Waals surface area contributed by atoms with Gasteiger partial charge in [0.05, 0.1) is 19.3 Å². The van der Waals surface area contributed by atoms with Gasteiger partial charge in [-0.25, -0.2) is 4.79 Å². The molecule has 1 saturated heterocycles. The SMILES string of the molecule is Cc1c(Cl)cccc1C(COCc1cccnc1)NC(=O)N(C)C1CCN(C)CC1. The minimum atomic E-state index is -0.290. The van der Waals surface area contributed by atoms with Gasteiger partial charge in [0.1, 0.15) is 0 Å². The highest BCUT2D eigenvalue weighted by atomic mass is 35.5. The van der Waals surface area contributed by atoms with E-state index in [-0.39, 0.29) is 18.1 Å². The van der Waals surface area contributed by atoms with Gasteiger partial charge in [0.2, 0.25) is 0 Å². The van der Waals surface area contributed by atoms with E-state index in [0.29, 0.717) is 18.2 Å². The molecule has 3 rings (SSSR count). The Bertz CT molecular complexity index is 825. The molecule has 0 saturated carbocycles. The predicted octanol–water partition coefficient (Wildman–Crippen LogP) is 4.04. The summed E-state index contributed by atoms with van der Waals surface area (Å²) in [5.41, 5.74) is 2.92. The Kier molecular flexibility index (Phi) is 8.08. The number of urea groups is 1. The molecule has 1 aromatic carbocycles. The molecule has 1 atom stereocenters. The minimum absolute atomic E-state index is 0.0843. The number of piperidine rings is 1. The number of nitrogens with zero attached hydrogens (tertiary/aromatic N) is 3. The van der Waals surface area contributed by atoms with Gasteiger partial charge in [0.15, 0.2) is 0 Å². The molecule has 2 heterocycles. The smallest absolute Gasteiger partial charge is 0.317 e. The molecule has 1 unspecified atom stereocenters. The summed E-state index contributed by atoms with van der Waals surface area (Å²) in [6.07, 6.45) is 5.49. The van der Waals surface area contributed by atoms with Gasteiger partial charge in [-0.15, -0.1) is 0 Å². The average molecular weight is 431 g/mol. The Hall–Kier alpha value is -2.15. The standard InChI is InChI=1S/C23H31ClN4O2/c1-17-20(7-4-8-21(17)24)22(16-30-15-18-6-5-11-25-14-18)26-23(29)28(3)19-9-12-27(2)13-10-19/h4-8,11,14,19,22H,9-10,12-13,15-16H2,1-3H3,(H,26,29). The van der Waals surface area contributed by atoms with Crippen LogP contribution in [0.5, 0.6) is 0 Å². The van der Waals surface area contributed by atoms with Crippen LogP contribution in [0.1, 0.15) is 35.6 Å². The Labute approximate surface area is 184 Å². The van der Waals surface area contributed by atoms with Crippen LogP contribution in [0.15, 0.2) is 42.7 Å². The van der Waals surface area contributed by atoms with Crippen LogP contribution in [0, 0.1) is 6.92 Å². The van der Waals surface area contributed by atoms with E-state index in [1.807, 2.05) is 49.2 Å². The van der Waals surface area contributed by atoms with Crippen LogP contribution in [-0.2, 0) is 11.3 Å². The first-order valence-electron chi connectivity index (χ1n) is 10.4. The van der Waals surface area contributed by atoms with E-state index in [1.165, 1.54) is 0 Å². The van der Waals surface area contributed by atoms with Crippen molar-refractivity contribution >= 4 is 17.6 Å². The molecule has 7 heteroatoms. The molecule has 0 spiro atoms. The number of carbonyl (C=O) groups is 1. The minimum Gasteiger partial charge on any atom is -0.374 e. The summed E-state index contributed by atoms with van der Waals surface area (Å²) in [5, 5.41) is 3.85. The molecule has 1 fully saturated rings. The van der Waals surface area contributed by atoms with Crippen molar-refractivity contribution in [2.45, 2.75) is 38.5 Å². The van der Waals surface area contributed by atoms with Crippen LogP contribution in [0.25, 0.3) is 0 Å². The molecule has 162 valence electrons. The van der Waals surface area contributed by atoms with E-state index in [2.05, 4.69) is 22.2 Å². The van der Waals surface area contributed by atoms with Crippen molar-refractivity contribution < 1.29 is 9.53 Å². The highest BCUT2D eigenvalue weighted by molar-refractivity contribution is 6.31. The maximum atomic E-state index is 13.0. The van der Waals surface area contributed by atoms with E-state index in [4.69, 9.17) is 16.3 Å². The highest BCUT2D eigenvalue weighted by Gasteiger charge is 2.26. The normalized spacial score (nSPS) is 16.3. The van der Waals surface area contributed by atoms with Crippen LogP contribution in [-0.4, -0.2) is 60.6 Å². The number of carbonyl (C=O) groups excluding carboxylic acids is 1. The number of aromatic nitrogens is 1. The van der Waals surface area contributed by atoms with E-state index < -0.39 is 0 Å². The number of benzene rings is 1. The van der Waals surface area contributed by atoms with Crippen molar-refractivity contribution in [3.63, 3.8) is 0 Å². The Morgan fingerprint density at radius 3 is 2.80 bits per heavy atom. The first-order chi connectivity index (χ1) is 14.5. The lowest BCUT2D eigenvalue weighted by atomic mass is 10.0. The third kappa shape index (κ3) is 5.94. The summed E-state index contributed by atoms with van der Waals surface area (Å²) in [5.74, 6) is 0. The summed E-state index contributed by atoms with van der Waals surface area (Å²) < 4.78 is 5.95. The van der Waals surface area contributed by atoms with Crippen molar-refractivity contribution in [3.05, 3.63) is 64.4 Å². The van der Waals surface area contributed by atoms with Gasteiger partial charge in [-0.3, -0.25) is 4.98 Å². The molecule has 0 aliphatic carbocycles. The van der Waals surface area contributed by atoms with Crippen molar-refractivity contribution in [2.75, 3.05) is 33.8 Å². The summed E-state index contributed by atoms with van der Waals surface area (Å²) >= 11 is 6.35. The first kappa shape index (κ1) is 22.5. The largest absolute Gasteiger partial charge is 0.374 e. The molecule has 30 heavy (non-hydrogen) atoms. The van der Waals surface area contributed by atoms with Crippen LogP contribution >= 0.6 is 11.6 Å². The second-order valence-corrected chi connectivity index (χ2v) is 8.39. The number of rotatable bonds is 7. The average Bonchev–Trinajstić information content (AvgIpc) is 2.76. The van der Waals surface area contributed by atoms with Gasteiger partial charge in [0.25, 0.3) is 0 Å². The number of hydrogen-bond acceptors (Lipinski definition) is 4. The van der Waals surface area contributed by atoms with Gasteiger partial charge in [-0.05, 0) is 68.7 Å². The van der Waals surface area contributed by atoms with E-state index in [9.17, 15) is 4.79 Å².